The number of alkyl halides is 2. The predicted octanol–water partition coefficient (Wildman–Crippen LogP) is 5.68. The number of hydrogen-bond acceptors (Lipinski definition) is 6. The number of rotatable bonds is 7. The summed E-state index contributed by atoms with van der Waals surface area (Å²) >= 11 is 1.33. The highest BCUT2D eigenvalue weighted by molar-refractivity contribution is 7.16. The van der Waals surface area contributed by atoms with Crippen molar-refractivity contribution in [3.63, 3.8) is 0 Å². The largest absolute Gasteiger partial charge is 0.435 e. The Hall–Kier alpha value is -3.66. The summed E-state index contributed by atoms with van der Waals surface area (Å²) in [5, 5.41) is 7.67. The zero-order valence-corrected chi connectivity index (χ0v) is 18.9. The molecule has 0 aliphatic rings. The molecule has 3 aromatic heterocycles. The highest BCUT2D eigenvalue weighted by Crippen LogP contribution is 2.32. The van der Waals surface area contributed by atoms with Gasteiger partial charge < -0.3 is 4.74 Å². The Labute approximate surface area is 193 Å². The first-order valence-corrected chi connectivity index (χ1v) is 11.0. The van der Waals surface area contributed by atoms with Gasteiger partial charge >= 0.3 is 6.61 Å². The van der Waals surface area contributed by atoms with E-state index in [9.17, 15) is 13.6 Å². The fourth-order valence-electron chi connectivity index (χ4n) is 3.43. The summed E-state index contributed by atoms with van der Waals surface area (Å²) in [5.41, 5.74) is 2.58. The third-order valence-corrected chi connectivity index (χ3v) is 5.72. The molecule has 3 heterocycles. The molecule has 1 amide bonds. The Morgan fingerprint density at radius 3 is 2.55 bits per heavy atom. The lowest BCUT2D eigenvalue weighted by atomic mass is 10.1. The fourth-order valence-corrected chi connectivity index (χ4v) is 4.26. The maximum absolute atomic E-state index is 13.1. The van der Waals surface area contributed by atoms with E-state index in [1.165, 1.54) is 29.7 Å². The monoisotopic (exact) mass is 469 g/mol. The summed E-state index contributed by atoms with van der Waals surface area (Å²) in [4.78, 5) is 22.8. The van der Waals surface area contributed by atoms with E-state index in [2.05, 4.69) is 25.1 Å². The molecule has 0 aliphatic carbocycles. The smallest absolute Gasteiger partial charge is 0.387 e. The number of aryl methyl sites for hydroxylation is 1. The summed E-state index contributed by atoms with van der Waals surface area (Å²) in [7, 11) is 0. The molecular weight excluding hydrogens is 448 g/mol. The number of halogens is 2. The van der Waals surface area contributed by atoms with Crippen LogP contribution in [0.3, 0.4) is 0 Å². The quantitative estimate of drug-likeness (QED) is 0.377. The molecule has 1 N–H and O–H groups in total. The van der Waals surface area contributed by atoms with Crippen molar-refractivity contribution in [2.45, 2.75) is 33.3 Å². The molecule has 4 rings (SSSR count). The number of benzene rings is 1. The number of ether oxygens (including phenoxy) is 1. The number of nitrogens with zero attached hydrogens (tertiary/aromatic N) is 4. The molecule has 7 nitrogen and oxygen atoms in total. The summed E-state index contributed by atoms with van der Waals surface area (Å²) in [5.74, 6) is 0.410. The minimum Gasteiger partial charge on any atom is -0.435 e. The van der Waals surface area contributed by atoms with E-state index in [1.54, 1.807) is 23.0 Å². The third-order valence-electron chi connectivity index (χ3n) is 4.83. The van der Waals surface area contributed by atoms with Gasteiger partial charge in [0.05, 0.1) is 23.1 Å². The van der Waals surface area contributed by atoms with Crippen LogP contribution >= 0.6 is 11.3 Å². The van der Waals surface area contributed by atoms with E-state index in [-0.39, 0.29) is 17.6 Å². The molecule has 0 bridgehead atoms. The topological polar surface area (TPSA) is 81.9 Å². The van der Waals surface area contributed by atoms with Gasteiger partial charge in [-0.2, -0.15) is 13.9 Å². The molecule has 0 saturated heterocycles. The average Bonchev–Trinajstić information content (AvgIpc) is 3.38. The van der Waals surface area contributed by atoms with Crippen molar-refractivity contribution in [2.75, 3.05) is 5.32 Å². The first-order chi connectivity index (χ1) is 15.8. The van der Waals surface area contributed by atoms with Crippen LogP contribution in [0.4, 0.5) is 13.9 Å². The van der Waals surface area contributed by atoms with E-state index in [4.69, 9.17) is 0 Å². The number of nitrogens with one attached hydrogen (secondary N) is 1. The van der Waals surface area contributed by atoms with Gasteiger partial charge in [-0.3, -0.25) is 10.1 Å². The third kappa shape index (κ3) is 4.90. The zero-order chi connectivity index (χ0) is 23.5. The van der Waals surface area contributed by atoms with Gasteiger partial charge in [-0.1, -0.05) is 19.9 Å². The van der Waals surface area contributed by atoms with Crippen LogP contribution in [0.25, 0.3) is 17.1 Å². The Morgan fingerprint density at radius 1 is 1.15 bits per heavy atom. The molecule has 0 aliphatic heterocycles. The van der Waals surface area contributed by atoms with Crippen molar-refractivity contribution in [3.8, 4) is 22.8 Å². The zero-order valence-electron chi connectivity index (χ0n) is 18.1. The molecule has 0 atom stereocenters. The van der Waals surface area contributed by atoms with Crippen LogP contribution in [-0.2, 0) is 0 Å². The van der Waals surface area contributed by atoms with Gasteiger partial charge in [-0.25, -0.2) is 14.6 Å². The predicted molar refractivity (Wildman–Crippen MR) is 122 cm³/mol. The molecule has 170 valence electrons. The van der Waals surface area contributed by atoms with Crippen LogP contribution in [0.5, 0.6) is 5.75 Å². The van der Waals surface area contributed by atoms with Crippen molar-refractivity contribution < 1.29 is 18.3 Å². The van der Waals surface area contributed by atoms with E-state index in [1.807, 2.05) is 39.0 Å². The number of pyridine rings is 1. The first-order valence-electron chi connectivity index (χ1n) is 10.2. The molecular formula is C23H21F2N5O2S. The van der Waals surface area contributed by atoms with Crippen molar-refractivity contribution in [3.05, 3.63) is 71.0 Å². The Balaban J connectivity index is 1.57. The minimum atomic E-state index is -2.88. The van der Waals surface area contributed by atoms with Crippen LogP contribution in [0.2, 0.25) is 0 Å². The lowest BCUT2D eigenvalue weighted by molar-refractivity contribution is -0.0498. The van der Waals surface area contributed by atoms with Crippen LogP contribution in [0.15, 0.2) is 54.9 Å². The van der Waals surface area contributed by atoms with E-state index >= 15 is 0 Å². The Bertz CT molecular complexity index is 1250. The number of hydrogen-bond donors (Lipinski definition) is 1. The second-order valence-electron chi connectivity index (χ2n) is 7.48. The van der Waals surface area contributed by atoms with Crippen LogP contribution in [-0.4, -0.2) is 32.3 Å². The van der Waals surface area contributed by atoms with Crippen molar-refractivity contribution >= 4 is 22.4 Å². The van der Waals surface area contributed by atoms with Crippen molar-refractivity contribution in [2.24, 2.45) is 0 Å². The average molecular weight is 470 g/mol. The second kappa shape index (κ2) is 9.45. The summed E-state index contributed by atoms with van der Waals surface area (Å²) in [6, 6.07) is 11.7. The van der Waals surface area contributed by atoms with Gasteiger partial charge in [0.25, 0.3) is 5.91 Å². The lowest BCUT2D eigenvalue weighted by Gasteiger charge is -2.11. The summed E-state index contributed by atoms with van der Waals surface area (Å²) in [6.07, 6.45) is 3.20. The molecule has 0 radical (unpaired) electrons. The van der Waals surface area contributed by atoms with Crippen LogP contribution in [0.1, 0.15) is 40.7 Å². The van der Waals surface area contributed by atoms with Crippen molar-refractivity contribution in [1.29, 1.82) is 0 Å². The molecule has 0 unspecified atom stereocenters. The SMILES string of the molecule is Cc1sc(NC(=O)c2cnn(-c3ccccn3)c2C(C)C)nc1-c1ccc(OC(F)F)cc1. The first kappa shape index (κ1) is 22.5. The molecule has 0 saturated carbocycles. The molecule has 10 heteroatoms. The number of anilines is 1. The van der Waals surface area contributed by atoms with E-state index in [0.29, 0.717) is 22.2 Å². The molecule has 1 aromatic carbocycles. The van der Waals surface area contributed by atoms with E-state index in [0.717, 1.165) is 16.1 Å². The van der Waals surface area contributed by atoms with Gasteiger partial charge in [0.2, 0.25) is 0 Å². The van der Waals surface area contributed by atoms with Gasteiger partial charge in [0, 0.05) is 16.6 Å². The molecule has 33 heavy (non-hydrogen) atoms. The molecule has 0 fully saturated rings. The highest BCUT2D eigenvalue weighted by Gasteiger charge is 2.22. The highest BCUT2D eigenvalue weighted by atomic mass is 32.1. The second-order valence-corrected chi connectivity index (χ2v) is 8.68. The number of carbonyl (C=O) groups is 1. The molecule has 4 aromatic rings. The number of amides is 1. The van der Waals surface area contributed by atoms with Gasteiger partial charge in [-0.05, 0) is 49.2 Å². The van der Waals surface area contributed by atoms with Crippen LogP contribution in [0, 0.1) is 6.92 Å². The Morgan fingerprint density at radius 2 is 1.91 bits per heavy atom. The maximum atomic E-state index is 13.1. The lowest BCUT2D eigenvalue weighted by Crippen LogP contribution is -2.15. The van der Waals surface area contributed by atoms with Gasteiger partial charge in [-0.15, -0.1) is 11.3 Å². The standard InChI is InChI=1S/C23H21F2N5O2S/c1-13(2)20-17(12-27-30(20)18-6-4-5-11-26-18)21(31)29-23-28-19(14(3)33-23)15-7-9-16(10-8-15)32-22(24)25/h4-13,22H,1-3H3,(H,28,29,31). The maximum Gasteiger partial charge on any atom is 0.387 e. The molecule has 0 spiro atoms. The fraction of sp³-hybridized carbons (Fsp3) is 0.217. The van der Waals surface area contributed by atoms with Crippen LogP contribution < -0.4 is 10.1 Å². The Kier molecular flexibility index (Phi) is 6.45. The summed E-state index contributed by atoms with van der Waals surface area (Å²) in [6.45, 7) is 2.97. The number of aromatic nitrogens is 4. The van der Waals surface area contributed by atoms with Gasteiger partial charge in [0.1, 0.15) is 5.75 Å². The summed E-state index contributed by atoms with van der Waals surface area (Å²) < 4.78 is 30.8. The van der Waals surface area contributed by atoms with Gasteiger partial charge in [0.15, 0.2) is 10.9 Å². The van der Waals surface area contributed by atoms with Crippen molar-refractivity contribution in [1.82, 2.24) is 19.7 Å². The normalized spacial score (nSPS) is 11.2. The number of carbonyl (C=O) groups excluding carboxylic acids is 1. The minimum absolute atomic E-state index is 0.0258. The number of thiazole rings is 1. The van der Waals surface area contributed by atoms with E-state index < -0.39 is 6.61 Å².